The minimum atomic E-state index is 0.117. The van der Waals surface area contributed by atoms with Crippen LogP contribution < -0.4 is 5.73 Å². The summed E-state index contributed by atoms with van der Waals surface area (Å²) in [6.45, 7) is 5.51. The number of piperazine rings is 1. The molecule has 5 nitrogen and oxygen atoms in total. The van der Waals surface area contributed by atoms with Crippen LogP contribution in [0.5, 0.6) is 0 Å². The van der Waals surface area contributed by atoms with E-state index < -0.39 is 0 Å². The first-order chi connectivity index (χ1) is 9.56. The average Bonchev–Trinajstić information content (AvgIpc) is 2.45. The maximum atomic E-state index is 12.1. The van der Waals surface area contributed by atoms with E-state index in [1.807, 2.05) is 4.90 Å². The highest BCUT2D eigenvalue weighted by atomic mass is 16.2. The van der Waals surface area contributed by atoms with Gasteiger partial charge in [-0.25, -0.2) is 0 Å². The van der Waals surface area contributed by atoms with Gasteiger partial charge < -0.3 is 10.6 Å². The molecule has 1 fully saturated rings. The van der Waals surface area contributed by atoms with Crippen molar-refractivity contribution >= 4 is 17.4 Å². The van der Waals surface area contributed by atoms with Gasteiger partial charge in [0.2, 0.25) is 5.91 Å². The van der Waals surface area contributed by atoms with Gasteiger partial charge in [0, 0.05) is 57.3 Å². The van der Waals surface area contributed by atoms with Gasteiger partial charge in [0.1, 0.15) is 0 Å². The smallest absolute Gasteiger partial charge is 0.219 e. The number of benzene rings is 1. The van der Waals surface area contributed by atoms with Crippen LogP contribution in [-0.4, -0.2) is 54.2 Å². The maximum absolute atomic E-state index is 12.1. The van der Waals surface area contributed by atoms with Gasteiger partial charge in [0.15, 0.2) is 5.78 Å². The molecule has 108 valence electrons. The third-order valence-corrected chi connectivity index (χ3v) is 3.68. The van der Waals surface area contributed by atoms with Crippen LogP contribution in [0.2, 0.25) is 0 Å². The number of anilines is 1. The van der Waals surface area contributed by atoms with E-state index in [-0.39, 0.29) is 11.7 Å². The molecule has 2 N–H and O–H groups in total. The Morgan fingerprint density at radius 2 is 1.90 bits per heavy atom. The molecule has 0 aliphatic carbocycles. The Balaban J connectivity index is 1.79. The van der Waals surface area contributed by atoms with Crippen molar-refractivity contribution in [1.82, 2.24) is 9.80 Å². The molecule has 5 heteroatoms. The first-order valence-corrected chi connectivity index (χ1v) is 6.93. The zero-order valence-corrected chi connectivity index (χ0v) is 11.8. The predicted molar refractivity (Wildman–Crippen MR) is 78.5 cm³/mol. The summed E-state index contributed by atoms with van der Waals surface area (Å²) in [5, 5.41) is 0. The van der Waals surface area contributed by atoms with Crippen LogP contribution in [0, 0.1) is 0 Å². The standard InChI is InChI=1S/C15H21N3O2/c1-12(19)18-9-7-17(8-10-18)6-5-15(20)13-3-2-4-14(16)11-13/h2-4,11H,5-10,16H2,1H3. The SMILES string of the molecule is CC(=O)N1CCN(CCC(=O)c2cccc(N)c2)CC1. The van der Waals surface area contributed by atoms with E-state index >= 15 is 0 Å². The van der Waals surface area contributed by atoms with Crippen LogP contribution in [0.3, 0.4) is 0 Å². The first-order valence-electron chi connectivity index (χ1n) is 6.93. The summed E-state index contributed by atoms with van der Waals surface area (Å²) in [7, 11) is 0. The summed E-state index contributed by atoms with van der Waals surface area (Å²) in [5.74, 6) is 0.242. The van der Waals surface area contributed by atoms with Crippen LogP contribution in [0.1, 0.15) is 23.7 Å². The molecule has 2 rings (SSSR count). The van der Waals surface area contributed by atoms with Gasteiger partial charge in [-0.2, -0.15) is 0 Å². The topological polar surface area (TPSA) is 66.6 Å². The number of ketones is 1. The molecular weight excluding hydrogens is 254 g/mol. The number of nitrogen functional groups attached to an aromatic ring is 1. The van der Waals surface area contributed by atoms with Gasteiger partial charge in [0.05, 0.1) is 0 Å². The van der Waals surface area contributed by atoms with E-state index in [0.717, 1.165) is 32.7 Å². The fraction of sp³-hybridized carbons (Fsp3) is 0.467. The monoisotopic (exact) mass is 275 g/mol. The maximum Gasteiger partial charge on any atom is 0.219 e. The van der Waals surface area contributed by atoms with Gasteiger partial charge in [-0.3, -0.25) is 14.5 Å². The number of hydrogen-bond acceptors (Lipinski definition) is 4. The van der Waals surface area contributed by atoms with E-state index in [4.69, 9.17) is 5.73 Å². The minimum Gasteiger partial charge on any atom is -0.399 e. The molecule has 1 aromatic carbocycles. The van der Waals surface area contributed by atoms with Gasteiger partial charge >= 0.3 is 0 Å². The molecule has 0 radical (unpaired) electrons. The van der Waals surface area contributed by atoms with Crippen LogP contribution >= 0.6 is 0 Å². The second-order valence-electron chi connectivity index (χ2n) is 5.15. The zero-order chi connectivity index (χ0) is 14.5. The molecule has 0 unspecified atom stereocenters. The summed E-state index contributed by atoms with van der Waals surface area (Å²) in [6, 6.07) is 7.09. The fourth-order valence-corrected chi connectivity index (χ4v) is 2.40. The summed E-state index contributed by atoms with van der Waals surface area (Å²) in [6.07, 6.45) is 0.490. The Kier molecular flexibility index (Phi) is 4.74. The number of amides is 1. The van der Waals surface area contributed by atoms with Crippen molar-refractivity contribution in [2.75, 3.05) is 38.5 Å². The van der Waals surface area contributed by atoms with E-state index in [0.29, 0.717) is 17.7 Å². The van der Waals surface area contributed by atoms with Crippen molar-refractivity contribution < 1.29 is 9.59 Å². The highest BCUT2D eigenvalue weighted by Gasteiger charge is 2.19. The Morgan fingerprint density at radius 3 is 2.50 bits per heavy atom. The van der Waals surface area contributed by atoms with Crippen LogP contribution in [0.25, 0.3) is 0 Å². The Hall–Kier alpha value is -1.88. The largest absolute Gasteiger partial charge is 0.399 e. The first kappa shape index (κ1) is 14.5. The van der Waals surface area contributed by atoms with Crippen LogP contribution in [0.4, 0.5) is 5.69 Å². The quantitative estimate of drug-likeness (QED) is 0.658. The summed E-state index contributed by atoms with van der Waals surface area (Å²) >= 11 is 0. The van der Waals surface area contributed by atoms with Crippen molar-refractivity contribution in [3.05, 3.63) is 29.8 Å². The summed E-state index contributed by atoms with van der Waals surface area (Å²) < 4.78 is 0. The lowest BCUT2D eigenvalue weighted by molar-refractivity contribution is -0.130. The normalized spacial score (nSPS) is 16.1. The highest BCUT2D eigenvalue weighted by molar-refractivity contribution is 5.96. The molecule has 0 bridgehead atoms. The number of carbonyl (C=O) groups is 2. The summed E-state index contributed by atoms with van der Waals surface area (Å²) in [5.41, 5.74) is 6.97. The minimum absolute atomic E-state index is 0.117. The van der Waals surface area contributed by atoms with Gasteiger partial charge in [-0.05, 0) is 12.1 Å². The molecule has 0 spiro atoms. The molecule has 20 heavy (non-hydrogen) atoms. The van der Waals surface area contributed by atoms with E-state index in [2.05, 4.69) is 4.90 Å². The van der Waals surface area contributed by atoms with Crippen molar-refractivity contribution in [2.45, 2.75) is 13.3 Å². The molecule has 0 saturated carbocycles. The second kappa shape index (κ2) is 6.52. The fourth-order valence-electron chi connectivity index (χ4n) is 2.40. The number of carbonyl (C=O) groups excluding carboxylic acids is 2. The Labute approximate surface area is 119 Å². The number of nitrogens with zero attached hydrogens (tertiary/aromatic N) is 2. The van der Waals surface area contributed by atoms with Crippen LogP contribution in [-0.2, 0) is 4.79 Å². The molecule has 1 saturated heterocycles. The Morgan fingerprint density at radius 1 is 1.20 bits per heavy atom. The van der Waals surface area contributed by atoms with Gasteiger partial charge in [-0.15, -0.1) is 0 Å². The average molecular weight is 275 g/mol. The molecule has 1 aliphatic heterocycles. The van der Waals surface area contributed by atoms with Gasteiger partial charge in [0.25, 0.3) is 0 Å². The summed E-state index contributed by atoms with van der Waals surface area (Å²) in [4.78, 5) is 27.4. The molecule has 1 amide bonds. The third kappa shape index (κ3) is 3.81. The van der Waals surface area contributed by atoms with Crippen molar-refractivity contribution in [3.63, 3.8) is 0 Å². The highest BCUT2D eigenvalue weighted by Crippen LogP contribution is 2.10. The van der Waals surface area contributed by atoms with Crippen molar-refractivity contribution in [2.24, 2.45) is 0 Å². The Bertz CT molecular complexity index is 494. The predicted octanol–water partition coefficient (Wildman–Crippen LogP) is 1.01. The van der Waals surface area contributed by atoms with Gasteiger partial charge in [-0.1, -0.05) is 12.1 Å². The van der Waals surface area contributed by atoms with E-state index in [1.165, 1.54) is 0 Å². The molecular formula is C15H21N3O2. The van der Waals surface area contributed by atoms with Crippen LogP contribution in [0.15, 0.2) is 24.3 Å². The lowest BCUT2D eigenvalue weighted by Gasteiger charge is -2.34. The number of hydrogen-bond donors (Lipinski definition) is 1. The van der Waals surface area contributed by atoms with E-state index in [9.17, 15) is 9.59 Å². The zero-order valence-electron chi connectivity index (χ0n) is 11.8. The number of rotatable bonds is 4. The molecule has 1 aliphatic rings. The second-order valence-corrected chi connectivity index (χ2v) is 5.15. The van der Waals surface area contributed by atoms with Crippen molar-refractivity contribution in [1.29, 1.82) is 0 Å². The molecule has 1 aromatic rings. The lowest BCUT2D eigenvalue weighted by Crippen LogP contribution is -2.48. The molecule has 0 aromatic heterocycles. The van der Waals surface area contributed by atoms with Crippen molar-refractivity contribution in [3.8, 4) is 0 Å². The number of Topliss-reactive ketones (excluding diaryl/α,β-unsaturated/α-hetero) is 1. The molecule has 0 atom stereocenters. The lowest BCUT2D eigenvalue weighted by atomic mass is 10.1. The van der Waals surface area contributed by atoms with E-state index in [1.54, 1.807) is 31.2 Å². The number of nitrogens with two attached hydrogens (primary N) is 1. The molecule has 1 heterocycles. The third-order valence-electron chi connectivity index (χ3n) is 3.68.